The fraction of sp³-hybridized carbons (Fsp3) is 0.133. The molecule has 0 bridgehead atoms. The van der Waals surface area contributed by atoms with Crippen LogP contribution < -0.4 is 10.5 Å². The van der Waals surface area contributed by atoms with E-state index in [1.807, 2.05) is 16.8 Å². The van der Waals surface area contributed by atoms with Gasteiger partial charge in [0.15, 0.2) is 0 Å². The molecule has 0 aliphatic rings. The first kappa shape index (κ1) is 13.2. The zero-order valence-corrected chi connectivity index (χ0v) is 13.2. The molecule has 0 saturated carbocycles. The van der Waals surface area contributed by atoms with Crippen LogP contribution in [0.3, 0.4) is 0 Å². The van der Waals surface area contributed by atoms with Crippen molar-refractivity contribution in [3.8, 4) is 5.75 Å². The number of nitrogen functional groups attached to an aromatic ring is 1. The van der Waals surface area contributed by atoms with Crippen LogP contribution in [-0.4, -0.2) is 16.9 Å². The third kappa shape index (κ3) is 2.45. The molecule has 0 aliphatic carbocycles. The number of halogens is 1. The zero-order chi connectivity index (χ0) is 14.1. The lowest BCUT2D eigenvalue weighted by Gasteiger charge is -2.07. The number of aromatic nitrogens is 2. The normalized spacial score (nSPS) is 10.9. The molecule has 2 aromatic carbocycles. The molecular weight excluding hydrogens is 365 g/mol. The van der Waals surface area contributed by atoms with Crippen LogP contribution in [0.2, 0.25) is 0 Å². The molecule has 3 rings (SSSR count). The Kier molecular flexibility index (Phi) is 3.52. The van der Waals surface area contributed by atoms with Crippen molar-refractivity contribution >= 4 is 39.2 Å². The summed E-state index contributed by atoms with van der Waals surface area (Å²) < 4.78 is 8.03. The van der Waals surface area contributed by atoms with E-state index in [0.717, 1.165) is 14.7 Å². The zero-order valence-electron chi connectivity index (χ0n) is 11.0. The number of anilines is 1. The van der Waals surface area contributed by atoms with Crippen molar-refractivity contribution in [1.29, 1.82) is 0 Å². The van der Waals surface area contributed by atoms with Crippen LogP contribution in [0.4, 0.5) is 5.82 Å². The van der Waals surface area contributed by atoms with Gasteiger partial charge in [-0.15, -0.1) is 0 Å². The van der Waals surface area contributed by atoms with Crippen molar-refractivity contribution in [2.45, 2.75) is 6.54 Å². The Bertz CT molecular complexity index is 767. The molecule has 0 aliphatic heterocycles. The average Bonchev–Trinajstić information content (AvgIpc) is 2.79. The van der Waals surface area contributed by atoms with Crippen LogP contribution >= 0.6 is 22.6 Å². The maximum atomic E-state index is 5.98. The van der Waals surface area contributed by atoms with E-state index in [-0.39, 0.29) is 0 Å². The molecule has 0 radical (unpaired) electrons. The molecule has 0 saturated heterocycles. The molecular formula is C15H14IN3O. The van der Waals surface area contributed by atoms with Crippen molar-refractivity contribution in [1.82, 2.24) is 9.78 Å². The molecule has 20 heavy (non-hydrogen) atoms. The molecule has 102 valence electrons. The number of hydrogen-bond acceptors (Lipinski definition) is 3. The summed E-state index contributed by atoms with van der Waals surface area (Å²) in [6, 6.07) is 12.4. The summed E-state index contributed by atoms with van der Waals surface area (Å²) in [6.07, 6.45) is 1.78. The fourth-order valence-corrected chi connectivity index (χ4v) is 2.57. The lowest BCUT2D eigenvalue weighted by atomic mass is 10.1. The molecule has 0 unspecified atom stereocenters. The summed E-state index contributed by atoms with van der Waals surface area (Å²) in [7, 11) is 1.68. The Balaban J connectivity index is 1.95. The van der Waals surface area contributed by atoms with E-state index < -0.39 is 0 Å². The van der Waals surface area contributed by atoms with E-state index >= 15 is 0 Å². The number of ether oxygens (including phenoxy) is 1. The highest BCUT2D eigenvalue weighted by molar-refractivity contribution is 14.1. The van der Waals surface area contributed by atoms with Gasteiger partial charge in [0, 0.05) is 0 Å². The van der Waals surface area contributed by atoms with Gasteiger partial charge in [-0.2, -0.15) is 5.10 Å². The number of rotatable bonds is 3. The van der Waals surface area contributed by atoms with Gasteiger partial charge in [-0.25, -0.2) is 4.68 Å². The molecule has 0 spiro atoms. The van der Waals surface area contributed by atoms with Gasteiger partial charge in [0.2, 0.25) is 0 Å². The van der Waals surface area contributed by atoms with E-state index in [9.17, 15) is 0 Å². The number of nitrogens with zero attached hydrogens (tertiary/aromatic N) is 2. The van der Waals surface area contributed by atoms with Gasteiger partial charge >= 0.3 is 0 Å². The predicted octanol–water partition coefficient (Wildman–Crippen LogP) is 3.28. The molecule has 3 aromatic rings. The highest BCUT2D eigenvalue weighted by Gasteiger charge is 2.06. The highest BCUT2D eigenvalue weighted by Crippen LogP contribution is 2.23. The summed E-state index contributed by atoms with van der Waals surface area (Å²) >= 11 is 2.19. The monoisotopic (exact) mass is 379 g/mol. The smallest absolute Gasteiger partial charge is 0.135 e. The fourth-order valence-electron chi connectivity index (χ4n) is 2.17. The van der Waals surface area contributed by atoms with E-state index in [2.05, 4.69) is 52.0 Å². The first-order valence-electron chi connectivity index (χ1n) is 6.21. The Morgan fingerprint density at radius 3 is 2.65 bits per heavy atom. The molecule has 1 aromatic heterocycles. The quantitative estimate of drug-likeness (QED) is 0.711. The number of nitrogens with two attached hydrogens (primary N) is 1. The first-order valence-corrected chi connectivity index (χ1v) is 7.29. The van der Waals surface area contributed by atoms with Gasteiger partial charge in [0.05, 0.1) is 23.4 Å². The van der Waals surface area contributed by atoms with Crippen LogP contribution in [0.5, 0.6) is 5.75 Å². The minimum absolute atomic E-state index is 0.677. The van der Waals surface area contributed by atoms with E-state index in [1.165, 1.54) is 10.9 Å². The summed E-state index contributed by atoms with van der Waals surface area (Å²) in [5.74, 6) is 1.58. The lowest BCUT2D eigenvalue weighted by Crippen LogP contribution is -2.06. The molecule has 0 fully saturated rings. The Morgan fingerprint density at radius 1 is 1.20 bits per heavy atom. The summed E-state index contributed by atoms with van der Waals surface area (Å²) in [6.45, 7) is 0.677. The van der Waals surface area contributed by atoms with Gasteiger partial charge in [-0.3, -0.25) is 0 Å². The first-order chi connectivity index (χ1) is 9.67. The molecule has 0 atom stereocenters. The number of benzene rings is 2. The average molecular weight is 379 g/mol. The van der Waals surface area contributed by atoms with Crippen molar-refractivity contribution in [2.75, 3.05) is 12.8 Å². The number of fused-ring (bicyclic) bond motifs is 1. The molecule has 2 N–H and O–H groups in total. The summed E-state index contributed by atoms with van der Waals surface area (Å²) in [5, 5.41) is 6.63. The lowest BCUT2D eigenvalue weighted by molar-refractivity contribution is 0.415. The largest absolute Gasteiger partial charge is 0.497 e. The molecule has 5 heteroatoms. The van der Waals surface area contributed by atoms with Crippen molar-refractivity contribution in [3.63, 3.8) is 0 Å². The minimum atomic E-state index is 0.677. The van der Waals surface area contributed by atoms with Crippen LogP contribution in [0.1, 0.15) is 5.56 Å². The Morgan fingerprint density at radius 2 is 1.95 bits per heavy atom. The maximum Gasteiger partial charge on any atom is 0.135 e. The number of methoxy groups -OCH3 is 1. The van der Waals surface area contributed by atoms with Crippen molar-refractivity contribution < 1.29 is 4.74 Å². The SMILES string of the molecule is COc1ccc2cc(Cn3ncc(I)c3N)ccc2c1. The second-order valence-electron chi connectivity index (χ2n) is 4.58. The van der Waals surface area contributed by atoms with Gasteiger partial charge in [0.1, 0.15) is 11.6 Å². The van der Waals surface area contributed by atoms with E-state index in [4.69, 9.17) is 10.5 Å². The second-order valence-corrected chi connectivity index (χ2v) is 5.75. The van der Waals surface area contributed by atoms with E-state index in [0.29, 0.717) is 12.4 Å². The van der Waals surface area contributed by atoms with Crippen LogP contribution in [-0.2, 0) is 6.54 Å². The summed E-state index contributed by atoms with van der Waals surface area (Å²) in [5.41, 5.74) is 7.15. The number of hydrogen-bond donors (Lipinski definition) is 1. The van der Waals surface area contributed by atoms with E-state index in [1.54, 1.807) is 13.3 Å². The third-order valence-corrected chi connectivity index (χ3v) is 4.11. The predicted molar refractivity (Wildman–Crippen MR) is 89.0 cm³/mol. The minimum Gasteiger partial charge on any atom is -0.497 e. The third-order valence-electron chi connectivity index (χ3n) is 3.28. The van der Waals surface area contributed by atoms with Gasteiger partial charge in [-0.1, -0.05) is 18.2 Å². The van der Waals surface area contributed by atoms with Gasteiger partial charge in [-0.05, 0) is 57.1 Å². The van der Waals surface area contributed by atoms with Crippen molar-refractivity contribution in [3.05, 3.63) is 51.7 Å². The molecule has 1 heterocycles. The highest BCUT2D eigenvalue weighted by atomic mass is 127. The second kappa shape index (κ2) is 5.32. The van der Waals surface area contributed by atoms with Gasteiger partial charge in [0.25, 0.3) is 0 Å². The van der Waals surface area contributed by atoms with Crippen LogP contribution in [0, 0.1) is 3.57 Å². The van der Waals surface area contributed by atoms with Crippen molar-refractivity contribution in [2.24, 2.45) is 0 Å². The van der Waals surface area contributed by atoms with Crippen LogP contribution in [0.15, 0.2) is 42.6 Å². The molecule has 4 nitrogen and oxygen atoms in total. The van der Waals surface area contributed by atoms with Gasteiger partial charge < -0.3 is 10.5 Å². The van der Waals surface area contributed by atoms with Crippen LogP contribution in [0.25, 0.3) is 10.8 Å². The maximum absolute atomic E-state index is 5.98. The topological polar surface area (TPSA) is 53.1 Å². The Hall–Kier alpha value is -1.76. The molecule has 0 amide bonds. The Labute approximate surface area is 130 Å². The summed E-state index contributed by atoms with van der Waals surface area (Å²) in [4.78, 5) is 0. The standard InChI is InChI=1S/C15H14IN3O/c1-20-13-5-4-11-6-10(2-3-12(11)7-13)9-19-15(17)14(16)8-18-19/h2-8H,9,17H2,1H3.